The lowest BCUT2D eigenvalue weighted by molar-refractivity contribution is 0.0662. The van der Waals surface area contributed by atoms with Crippen LogP contribution in [0.1, 0.15) is 30.8 Å². The summed E-state index contributed by atoms with van der Waals surface area (Å²) in [6.45, 7) is 6.28. The van der Waals surface area contributed by atoms with Gasteiger partial charge in [-0.25, -0.2) is 4.79 Å². The van der Waals surface area contributed by atoms with Gasteiger partial charge >= 0.3 is 5.97 Å². The van der Waals surface area contributed by atoms with E-state index in [2.05, 4.69) is 18.7 Å². The molecule has 1 aliphatic heterocycles. The van der Waals surface area contributed by atoms with Crippen molar-refractivity contribution in [2.45, 2.75) is 20.3 Å². The molecule has 1 aliphatic rings. The van der Waals surface area contributed by atoms with Crippen LogP contribution in [0.4, 0.5) is 5.88 Å². The van der Waals surface area contributed by atoms with Crippen LogP contribution in [0, 0.1) is 5.41 Å². The molecule has 15 heavy (non-hydrogen) atoms. The highest BCUT2D eigenvalue weighted by Crippen LogP contribution is 2.37. The van der Waals surface area contributed by atoms with Gasteiger partial charge in [-0.1, -0.05) is 13.8 Å². The zero-order chi connectivity index (χ0) is 11.1. The topological polar surface area (TPSA) is 53.7 Å². The molecule has 1 N–H and O–H groups in total. The maximum Gasteiger partial charge on any atom is 0.371 e. The molecule has 0 bridgehead atoms. The molecule has 1 saturated heterocycles. The van der Waals surface area contributed by atoms with Crippen molar-refractivity contribution in [2.75, 3.05) is 18.0 Å². The van der Waals surface area contributed by atoms with Crippen LogP contribution in [-0.4, -0.2) is 24.2 Å². The first-order chi connectivity index (χ1) is 7.04. The Kier molecular flexibility index (Phi) is 2.21. The normalized spacial score (nSPS) is 18.7. The van der Waals surface area contributed by atoms with E-state index in [1.54, 1.807) is 6.07 Å². The zero-order valence-corrected chi connectivity index (χ0v) is 8.99. The summed E-state index contributed by atoms with van der Waals surface area (Å²) in [6.07, 6.45) is 1.13. The van der Waals surface area contributed by atoms with Crippen molar-refractivity contribution < 1.29 is 14.3 Å². The second kappa shape index (κ2) is 3.29. The van der Waals surface area contributed by atoms with Crippen LogP contribution in [0.15, 0.2) is 16.5 Å². The average Bonchev–Trinajstić information content (AvgIpc) is 2.61. The lowest BCUT2D eigenvalue weighted by Gasteiger charge is -2.47. The Bertz CT molecular complexity index is 377. The number of nitrogens with zero attached hydrogens (tertiary/aromatic N) is 1. The van der Waals surface area contributed by atoms with Gasteiger partial charge in [-0.3, -0.25) is 0 Å². The molecule has 0 atom stereocenters. The van der Waals surface area contributed by atoms with Gasteiger partial charge in [0, 0.05) is 24.6 Å². The maximum absolute atomic E-state index is 10.6. The summed E-state index contributed by atoms with van der Waals surface area (Å²) in [5, 5.41) is 8.71. The minimum Gasteiger partial charge on any atom is -0.475 e. The van der Waals surface area contributed by atoms with Crippen molar-refractivity contribution in [3.63, 3.8) is 0 Å². The Balaban J connectivity index is 2.04. The molecule has 2 rings (SSSR count). The molecule has 1 aromatic heterocycles. The maximum atomic E-state index is 10.6. The fourth-order valence-electron chi connectivity index (χ4n) is 1.87. The summed E-state index contributed by atoms with van der Waals surface area (Å²) >= 11 is 0. The summed E-state index contributed by atoms with van der Waals surface area (Å²) in [5.74, 6) is -0.339. The van der Waals surface area contributed by atoms with Crippen LogP contribution in [-0.2, 0) is 0 Å². The predicted octanol–water partition coefficient (Wildman–Crippen LogP) is 2.21. The number of carboxylic acids is 1. The first-order valence-corrected chi connectivity index (χ1v) is 5.12. The second-order valence-corrected chi connectivity index (χ2v) is 4.46. The third-order valence-corrected chi connectivity index (χ3v) is 3.11. The molecule has 1 fully saturated rings. The van der Waals surface area contributed by atoms with E-state index >= 15 is 0 Å². The van der Waals surface area contributed by atoms with Crippen LogP contribution >= 0.6 is 0 Å². The van der Waals surface area contributed by atoms with E-state index in [0.29, 0.717) is 11.3 Å². The van der Waals surface area contributed by atoms with Gasteiger partial charge in [-0.05, 0) is 12.5 Å². The Morgan fingerprint density at radius 1 is 1.60 bits per heavy atom. The summed E-state index contributed by atoms with van der Waals surface area (Å²) in [4.78, 5) is 12.7. The van der Waals surface area contributed by atoms with E-state index < -0.39 is 5.97 Å². The van der Waals surface area contributed by atoms with E-state index in [-0.39, 0.29) is 5.76 Å². The molecule has 0 radical (unpaired) electrons. The van der Waals surface area contributed by atoms with E-state index in [9.17, 15) is 4.79 Å². The van der Waals surface area contributed by atoms with Crippen LogP contribution in [0.3, 0.4) is 0 Å². The summed E-state index contributed by atoms with van der Waals surface area (Å²) in [5.41, 5.74) is 0.357. The molecule has 0 aromatic carbocycles. The number of hydrogen-bond donors (Lipinski definition) is 1. The van der Waals surface area contributed by atoms with Gasteiger partial charge in [-0.2, -0.15) is 0 Å². The van der Waals surface area contributed by atoms with Crippen molar-refractivity contribution in [2.24, 2.45) is 5.41 Å². The number of carboxylic acid groups (broad SMARTS) is 1. The molecule has 82 valence electrons. The minimum atomic E-state index is -1.01. The van der Waals surface area contributed by atoms with Gasteiger partial charge in [-0.15, -0.1) is 0 Å². The number of aromatic carboxylic acids is 1. The number of anilines is 1. The van der Waals surface area contributed by atoms with Crippen molar-refractivity contribution in [3.05, 3.63) is 17.9 Å². The molecule has 0 unspecified atom stereocenters. The smallest absolute Gasteiger partial charge is 0.371 e. The molecule has 0 amide bonds. The van der Waals surface area contributed by atoms with Crippen molar-refractivity contribution in [3.8, 4) is 0 Å². The van der Waals surface area contributed by atoms with E-state index in [0.717, 1.165) is 19.5 Å². The van der Waals surface area contributed by atoms with E-state index in [4.69, 9.17) is 9.52 Å². The van der Waals surface area contributed by atoms with Crippen LogP contribution in [0.5, 0.6) is 0 Å². The van der Waals surface area contributed by atoms with Gasteiger partial charge in [0.1, 0.15) is 0 Å². The first-order valence-electron chi connectivity index (χ1n) is 5.12. The van der Waals surface area contributed by atoms with Crippen molar-refractivity contribution in [1.29, 1.82) is 0 Å². The minimum absolute atomic E-state index is 0.00935. The molecule has 4 heteroatoms. The third kappa shape index (κ3) is 1.71. The number of hydrogen-bond acceptors (Lipinski definition) is 3. The third-order valence-electron chi connectivity index (χ3n) is 3.11. The monoisotopic (exact) mass is 209 g/mol. The van der Waals surface area contributed by atoms with Gasteiger partial charge in [0.05, 0.1) is 0 Å². The highest BCUT2D eigenvalue weighted by molar-refractivity contribution is 5.84. The summed E-state index contributed by atoms with van der Waals surface area (Å²) < 4.78 is 5.21. The molecule has 0 spiro atoms. The molecular formula is C11H15NO3. The molecule has 4 nitrogen and oxygen atoms in total. The van der Waals surface area contributed by atoms with Gasteiger partial charge in [0.25, 0.3) is 0 Å². The fourth-order valence-corrected chi connectivity index (χ4v) is 1.87. The zero-order valence-electron chi connectivity index (χ0n) is 8.99. The van der Waals surface area contributed by atoms with E-state index in [1.165, 1.54) is 6.07 Å². The Morgan fingerprint density at radius 2 is 2.27 bits per heavy atom. The molecule has 1 aromatic rings. The summed E-state index contributed by atoms with van der Waals surface area (Å²) in [7, 11) is 0. The van der Waals surface area contributed by atoms with Crippen LogP contribution in [0.25, 0.3) is 0 Å². The quantitative estimate of drug-likeness (QED) is 0.829. The lowest BCUT2D eigenvalue weighted by Crippen LogP contribution is -2.54. The van der Waals surface area contributed by atoms with Crippen molar-refractivity contribution in [1.82, 2.24) is 0 Å². The van der Waals surface area contributed by atoms with Gasteiger partial charge < -0.3 is 14.4 Å². The standard InChI is InChI=1S/C11H15NO3/c1-3-11(2)6-12(7-11)9-5-4-8(15-9)10(13)14/h4-5H,3,6-7H2,1-2H3,(H,13,14). The molecule has 0 saturated carbocycles. The Labute approximate surface area is 88.5 Å². The average molecular weight is 209 g/mol. The van der Waals surface area contributed by atoms with Gasteiger partial charge in [0.2, 0.25) is 5.76 Å². The first kappa shape index (κ1) is 10.1. The highest BCUT2D eigenvalue weighted by Gasteiger charge is 2.38. The predicted molar refractivity (Wildman–Crippen MR) is 56.3 cm³/mol. The van der Waals surface area contributed by atoms with Crippen LogP contribution < -0.4 is 4.90 Å². The largest absolute Gasteiger partial charge is 0.475 e. The Hall–Kier alpha value is -1.45. The van der Waals surface area contributed by atoms with Crippen LogP contribution in [0.2, 0.25) is 0 Å². The fraction of sp³-hybridized carbons (Fsp3) is 0.545. The molecule has 0 aliphatic carbocycles. The highest BCUT2D eigenvalue weighted by atomic mass is 16.4. The van der Waals surface area contributed by atoms with Gasteiger partial charge in [0.15, 0.2) is 5.88 Å². The Morgan fingerprint density at radius 3 is 2.73 bits per heavy atom. The molecule has 2 heterocycles. The molecular weight excluding hydrogens is 194 g/mol. The summed E-state index contributed by atoms with van der Waals surface area (Å²) in [6, 6.07) is 3.22. The lowest BCUT2D eigenvalue weighted by atomic mass is 9.80. The second-order valence-electron chi connectivity index (χ2n) is 4.46. The number of carbonyl (C=O) groups is 1. The number of furan rings is 1. The van der Waals surface area contributed by atoms with E-state index in [1.807, 2.05) is 0 Å². The SMILES string of the molecule is CCC1(C)CN(c2ccc(C(=O)O)o2)C1. The van der Waals surface area contributed by atoms with Crippen molar-refractivity contribution >= 4 is 11.9 Å². The number of rotatable bonds is 3.